The van der Waals surface area contributed by atoms with Crippen LogP contribution >= 0.6 is 0 Å². The van der Waals surface area contributed by atoms with E-state index in [0.717, 1.165) is 26.3 Å². The number of likely N-dealkylation sites (tertiary alicyclic amines) is 1. The second kappa shape index (κ2) is 5.65. The van der Waals surface area contributed by atoms with E-state index < -0.39 is 0 Å². The molecule has 0 atom stereocenters. The molecule has 3 heterocycles. The van der Waals surface area contributed by atoms with Gasteiger partial charge in [0.25, 0.3) is 0 Å². The molecule has 19 heavy (non-hydrogen) atoms. The number of hydrogen-bond donors (Lipinski definition) is 1. The van der Waals surface area contributed by atoms with Gasteiger partial charge in [-0.05, 0) is 45.1 Å². The van der Waals surface area contributed by atoms with E-state index in [1.165, 1.54) is 38.2 Å². The third-order valence-corrected chi connectivity index (χ3v) is 4.60. The highest BCUT2D eigenvalue weighted by atomic mass is 16.5. The van der Waals surface area contributed by atoms with Crippen molar-refractivity contribution >= 4 is 0 Å². The molecule has 3 rings (SSSR count). The van der Waals surface area contributed by atoms with Gasteiger partial charge in [0.05, 0.1) is 13.2 Å². The average molecular weight is 263 g/mol. The first-order chi connectivity index (χ1) is 9.26. The maximum Gasteiger partial charge on any atom is 0.0593 e. The Morgan fingerprint density at radius 2 is 2.16 bits per heavy atom. The van der Waals surface area contributed by atoms with Gasteiger partial charge in [-0.2, -0.15) is 0 Å². The summed E-state index contributed by atoms with van der Waals surface area (Å²) >= 11 is 0. The van der Waals surface area contributed by atoms with Crippen LogP contribution in [0.2, 0.25) is 0 Å². The first-order valence-electron chi connectivity index (χ1n) is 7.37. The molecule has 0 saturated carbocycles. The van der Waals surface area contributed by atoms with Gasteiger partial charge in [-0.1, -0.05) is 0 Å². The Bertz CT molecular complexity index is 382. The Labute approximate surface area is 115 Å². The molecule has 1 aromatic heterocycles. The number of H-pyrrole nitrogens is 1. The first kappa shape index (κ1) is 13.2. The van der Waals surface area contributed by atoms with Crippen LogP contribution in [-0.2, 0) is 11.3 Å². The van der Waals surface area contributed by atoms with E-state index in [4.69, 9.17) is 4.74 Å². The minimum absolute atomic E-state index is 0.400. The molecule has 0 amide bonds. The molecule has 2 fully saturated rings. The van der Waals surface area contributed by atoms with Crippen molar-refractivity contribution in [1.29, 1.82) is 0 Å². The van der Waals surface area contributed by atoms with Crippen LogP contribution in [0.3, 0.4) is 0 Å². The Balaban J connectivity index is 1.56. The molecule has 0 aromatic carbocycles. The standard InChI is InChI=1S/C15H25N3O/c1-17-9-10-19-13-15(12-17)4-7-18(8-5-15)11-14-3-2-6-16-14/h2-3,6,16H,4-5,7-13H2,1H3. The predicted octanol–water partition coefficient (Wildman–Crippen LogP) is 1.56. The van der Waals surface area contributed by atoms with Crippen molar-refractivity contribution in [2.45, 2.75) is 19.4 Å². The first-order valence-corrected chi connectivity index (χ1v) is 7.37. The normalized spacial score (nSPS) is 25.5. The molecular weight excluding hydrogens is 238 g/mol. The van der Waals surface area contributed by atoms with Crippen LogP contribution in [0.25, 0.3) is 0 Å². The summed E-state index contributed by atoms with van der Waals surface area (Å²) in [6.45, 7) is 7.56. The van der Waals surface area contributed by atoms with Gasteiger partial charge in [0, 0.05) is 36.9 Å². The fourth-order valence-corrected chi connectivity index (χ4v) is 3.40. The fraction of sp³-hybridized carbons (Fsp3) is 0.733. The van der Waals surface area contributed by atoms with E-state index >= 15 is 0 Å². The minimum Gasteiger partial charge on any atom is -0.379 e. The summed E-state index contributed by atoms with van der Waals surface area (Å²) in [7, 11) is 2.22. The number of ether oxygens (including phenoxy) is 1. The Hall–Kier alpha value is -0.840. The smallest absolute Gasteiger partial charge is 0.0593 e. The van der Waals surface area contributed by atoms with Crippen LogP contribution in [0.4, 0.5) is 0 Å². The van der Waals surface area contributed by atoms with Crippen LogP contribution in [0.15, 0.2) is 18.3 Å². The molecule has 106 valence electrons. The third kappa shape index (κ3) is 3.19. The SMILES string of the molecule is CN1CCOCC2(CCN(Cc3ccc[nH]3)CC2)C1. The molecule has 1 N–H and O–H groups in total. The summed E-state index contributed by atoms with van der Waals surface area (Å²) in [5.74, 6) is 0. The highest BCUT2D eigenvalue weighted by Crippen LogP contribution is 2.34. The molecule has 0 aliphatic carbocycles. The maximum atomic E-state index is 5.83. The molecule has 0 bridgehead atoms. The second-order valence-electron chi connectivity index (χ2n) is 6.26. The van der Waals surface area contributed by atoms with Gasteiger partial charge in [-0.25, -0.2) is 0 Å². The summed E-state index contributed by atoms with van der Waals surface area (Å²) in [5, 5.41) is 0. The lowest BCUT2D eigenvalue weighted by atomic mass is 9.78. The van der Waals surface area contributed by atoms with Gasteiger partial charge in [0.15, 0.2) is 0 Å². The summed E-state index contributed by atoms with van der Waals surface area (Å²) < 4.78 is 5.83. The Morgan fingerprint density at radius 3 is 2.89 bits per heavy atom. The second-order valence-corrected chi connectivity index (χ2v) is 6.26. The van der Waals surface area contributed by atoms with Gasteiger partial charge in [0.1, 0.15) is 0 Å². The van der Waals surface area contributed by atoms with Crippen molar-refractivity contribution in [3.05, 3.63) is 24.0 Å². The van der Waals surface area contributed by atoms with E-state index in [1.807, 2.05) is 6.20 Å². The zero-order chi connectivity index (χ0) is 13.1. The van der Waals surface area contributed by atoms with Crippen molar-refractivity contribution < 1.29 is 4.74 Å². The highest BCUT2D eigenvalue weighted by Gasteiger charge is 2.37. The quantitative estimate of drug-likeness (QED) is 0.878. The highest BCUT2D eigenvalue weighted by molar-refractivity contribution is 5.04. The topological polar surface area (TPSA) is 31.5 Å². The van der Waals surface area contributed by atoms with E-state index in [0.29, 0.717) is 5.41 Å². The molecule has 1 spiro atoms. The third-order valence-electron chi connectivity index (χ3n) is 4.60. The lowest BCUT2D eigenvalue weighted by Gasteiger charge is -2.42. The Kier molecular flexibility index (Phi) is 3.91. The average Bonchev–Trinajstić information content (AvgIpc) is 2.84. The van der Waals surface area contributed by atoms with Crippen molar-refractivity contribution in [2.24, 2.45) is 5.41 Å². The van der Waals surface area contributed by atoms with Crippen molar-refractivity contribution in [3.8, 4) is 0 Å². The maximum absolute atomic E-state index is 5.83. The monoisotopic (exact) mass is 263 g/mol. The predicted molar refractivity (Wildman–Crippen MR) is 76.1 cm³/mol. The van der Waals surface area contributed by atoms with E-state index in [2.05, 4.69) is 34.0 Å². The van der Waals surface area contributed by atoms with E-state index in [-0.39, 0.29) is 0 Å². The van der Waals surface area contributed by atoms with Crippen LogP contribution in [0.5, 0.6) is 0 Å². The number of nitrogens with zero attached hydrogens (tertiary/aromatic N) is 2. The summed E-state index contributed by atoms with van der Waals surface area (Å²) in [6.07, 6.45) is 4.53. The fourth-order valence-electron chi connectivity index (χ4n) is 3.40. The van der Waals surface area contributed by atoms with Crippen LogP contribution in [0, 0.1) is 5.41 Å². The number of piperidine rings is 1. The molecule has 0 radical (unpaired) electrons. The van der Waals surface area contributed by atoms with Crippen molar-refractivity contribution in [2.75, 3.05) is 46.4 Å². The number of nitrogens with one attached hydrogen (secondary N) is 1. The molecule has 4 nitrogen and oxygen atoms in total. The largest absolute Gasteiger partial charge is 0.379 e. The molecule has 0 unspecified atom stereocenters. The number of likely N-dealkylation sites (N-methyl/N-ethyl adjacent to an activating group) is 1. The lowest BCUT2D eigenvalue weighted by molar-refractivity contribution is 0.0142. The number of rotatable bonds is 2. The van der Waals surface area contributed by atoms with Gasteiger partial charge in [-0.15, -0.1) is 0 Å². The lowest BCUT2D eigenvalue weighted by Crippen LogP contribution is -2.46. The van der Waals surface area contributed by atoms with Crippen molar-refractivity contribution in [3.63, 3.8) is 0 Å². The molecule has 2 aliphatic rings. The number of hydrogen-bond acceptors (Lipinski definition) is 3. The van der Waals surface area contributed by atoms with Crippen LogP contribution in [-0.4, -0.2) is 61.2 Å². The van der Waals surface area contributed by atoms with E-state index in [1.54, 1.807) is 0 Å². The zero-order valence-corrected chi connectivity index (χ0v) is 11.9. The minimum atomic E-state index is 0.400. The van der Waals surface area contributed by atoms with Gasteiger partial charge < -0.3 is 14.6 Å². The van der Waals surface area contributed by atoms with E-state index in [9.17, 15) is 0 Å². The van der Waals surface area contributed by atoms with Crippen molar-refractivity contribution in [1.82, 2.24) is 14.8 Å². The van der Waals surface area contributed by atoms with Gasteiger partial charge in [-0.3, -0.25) is 4.90 Å². The molecule has 1 aromatic rings. The van der Waals surface area contributed by atoms with Gasteiger partial charge >= 0.3 is 0 Å². The molecule has 2 saturated heterocycles. The van der Waals surface area contributed by atoms with Gasteiger partial charge in [0.2, 0.25) is 0 Å². The molecular formula is C15H25N3O. The summed E-state index contributed by atoms with van der Waals surface area (Å²) in [6, 6.07) is 4.25. The Morgan fingerprint density at radius 1 is 1.32 bits per heavy atom. The number of aromatic nitrogens is 1. The summed E-state index contributed by atoms with van der Waals surface area (Å²) in [5.41, 5.74) is 1.72. The summed E-state index contributed by atoms with van der Waals surface area (Å²) in [4.78, 5) is 8.29. The molecule has 4 heteroatoms. The molecule has 2 aliphatic heterocycles. The number of aromatic amines is 1. The van der Waals surface area contributed by atoms with Crippen LogP contribution in [0.1, 0.15) is 18.5 Å². The zero-order valence-electron chi connectivity index (χ0n) is 11.9. The van der Waals surface area contributed by atoms with Crippen LogP contribution < -0.4 is 0 Å².